The zero-order valence-electron chi connectivity index (χ0n) is 12.2. The molecule has 0 saturated heterocycles. The SMILES string of the molecule is CCOC(=O)C(N=C=S)=C(c1ccccc1)c1ccccc1. The van der Waals surface area contributed by atoms with Crippen molar-refractivity contribution in [2.45, 2.75) is 6.92 Å². The van der Waals surface area contributed by atoms with Gasteiger partial charge in [-0.1, -0.05) is 60.7 Å². The summed E-state index contributed by atoms with van der Waals surface area (Å²) in [6.07, 6.45) is 0. The highest BCUT2D eigenvalue weighted by Crippen LogP contribution is 2.28. The minimum atomic E-state index is -0.512. The summed E-state index contributed by atoms with van der Waals surface area (Å²) in [6, 6.07) is 19.1. The van der Waals surface area contributed by atoms with E-state index in [-0.39, 0.29) is 12.3 Å². The monoisotopic (exact) mass is 309 g/mol. The molecule has 0 saturated carbocycles. The number of rotatable bonds is 5. The van der Waals surface area contributed by atoms with Crippen LogP contribution in [0.3, 0.4) is 0 Å². The fourth-order valence-electron chi connectivity index (χ4n) is 2.10. The third-order valence-electron chi connectivity index (χ3n) is 2.99. The van der Waals surface area contributed by atoms with Crippen molar-refractivity contribution in [2.24, 2.45) is 4.99 Å². The Balaban J connectivity index is 2.72. The largest absolute Gasteiger partial charge is 0.461 e. The predicted molar refractivity (Wildman–Crippen MR) is 90.6 cm³/mol. The normalized spacial score (nSPS) is 9.50. The highest BCUT2D eigenvalue weighted by molar-refractivity contribution is 7.78. The lowest BCUT2D eigenvalue weighted by Crippen LogP contribution is -2.09. The smallest absolute Gasteiger partial charge is 0.358 e. The quantitative estimate of drug-likeness (QED) is 0.361. The van der Waals surface area contributed by atoms with Crippen LogP contribution in [0.2, 0.25) is 0 Å². The third-order valence-corrected chi connectivity index (χ3v) is 3.08. The van der Waals surface area contributed by atoms with Crippen molar-refractivity contribution in [2.75, 3.05) is 6.61 Å². The average Bonchev–Trinajstić information content (AvgIpc) is 2.56. The number of carbonyl (C=O) groups is 1. The van der Waals surface area contributed by atoms with E-state index in [1.54, 1.807) is 6.92 Å². The first-order chi connectivity index (χ1) is 10.8. The lowest BCUT2D eigenvalue weighted by atomic mass is 9.96. The van der Waals surface area contributed by atoms with Crippen molar-refractivity contribution in [3.05, 3.63) is 77.5 Å². The van der Waals surface area contributed by atoms with Gasteiger partial charge in [-0.2, -0.15) is 4.99 Å². The Labute approximate surface area is 135 Å². The molecule has 2 aromatic rings. The van der Waals surface area contributed by atoms with Gasteiger partial charge in [0.2, 0.25) is 0 Å². The molecule has 2 aromatic carbocycles. The molecule has 0 heterocycles. The van der Waals surface area contributed by atoms with E-state index in [0.29, 0.717) is 5.57 Å². The number of aliphatic imine (C=N–C) groups is 1. The number of nitrogens with zero attached hydrogens (tertiary/aromatic N) is 1. The van der Waals surface area contributed by atoms with Crippen LogP contribution in [0.5, 0.6) is 0 Å². The summed E-state index contributed by atoms with van der Waals surface area (Å²) < 4.78 is 5.10. The van der Waals surface area contributed by atoms with Crippen LogP contribution in [0, 0.1) is 0 Å². The molecule has 2 rings (SSSR count). The van der Waals surface area contributed by atoms with E-state index in [0.717, 1.165) is 11.1 Å². The lowest BCUT2D eigenvalue weighted by molar-refractivity contribution is -0.138. The summed E-state index contributed by atoms with van der Waals surface area (Å²) in [5, 5.41) is 2.28. The number of esters is 1. The lowest BCUT2D eigenvalue weighted by Gasteiger charge is -2.11. The molecular weight excluding hydrogens is 294 g/mol. The molecule has 22 heavy (non-hydrogen) atoms. The number of ether oxygens (including phenoxy) is 1. The summed E-state index contributed by atoms with van der Waals surface area (Å²) in [5.41, 5.74) is 2.57. The number of hydrogen-bond acceptors (Lipinski definition) is 4. The average molecular weight is 309 g/mol. The molecule has 4 heteroatoms. The maximum absolute atomic E-state index is 12.3. The second kappa shape index (κ2) is 8.03. The van der Waals surface area contributed by atoms with Gasteiger partial charge in [-0.25, -0.2) is 4.79 Å². The number of isothiocyanates is 1. The van der Waals surface area contributed by atoms with E-state index < -0.39 is 5.97 Å². The number of benzene rings is 2. The highest BCUT2D eigenvalue weighted by Gasteiger charge is 2.19. The highest BCUT2D eigenvalue weighted by atomic mass is 32.1. The molecule has 0 amide bonds. The van der Waals surface area contributed by atoms with Crippen LogP contribution in [0.4, 0.5) is 0 Å². The molecular formula is C18H15NO2S. The first kappa shape index (κ1) is 15.8. The summed E-state index contributed by atoms with van der Waals surface area (Å²) in [4.78, 5) is 16.2. The van der Waals surface area contributed by atoms with E-state index in [4.69, 9.17) is 17.0 Å². The van der Waals surface area contributed by atoms with E-state index in [1.807, 2.05) is 60.7 Å². The maximum Gasteiger partial charge on any atom is 0.358 e. The van der Waals surface area contributed by atoms with E-state index in [9.17, 15) is 4.79 Å². The van der Waals surface area contributed by atoms with Crippen molar-refractivity contribution < 1.29 is 9.53 Å². The van der Waals surface area contributed by atoms with Crippen LogP contribution in [-0.2, 0) is 9.53 Å². The van der Waals surface area contributed by atoms with Gasteiger partial charge in [0.1, 0.15) is 0 Å². The van der Waals surface area contributed by atoms with Crippen LogP contribution in [0.15, 0.2) is 71.4 Å². The molecule has 0 radical (unpaired) electrons. The second-order valence-electron chi connectivity index (χ2n) is 4.38. The van der Waals surface area contributed by atoms with Crippen molar-refractivity contribution >= 4 is 28.9 Å². The number of carbonyl (C=O) groups excluding carboxylic acids is 1. The Morgan fingerprint density at radius 1 is 1.05 bits per heavy atom. The van der Waals surface area contributed by atoms with Crippen LogP contribution >= 0.6 is 12.2 Å². The molecule has 0 aliphatic carbocycles. The van der Waals surface area contributed by atoms with Gasteiger partial charge in [0, 0.05) is 5.57 Å². The molecule has 0 atom stereocenters. The Kier molecular flexibility index (Phi) is 5.78. The van der Waals surface area contributed by atoms with Crippen molar-refractivity contribution in [3.8, 4) is 0 Å². The molecule has 0 bridgehead atoms. The fraction of sp³-hybridized carbons (Fsp3) is 0.111. The molecule has 0 aliphatic heterocycles. The minimum Gasteiger partial charge on any atom is -0.461 e. The Morgan fingerprint density at radius 2 is 1.55 bits per heavy atom. The number of thiocarbonyl (C=S) groups is 1. The molecule has 0 unspecified atom stereocenters. The molecule has 0 fully saturated rings. The van der Waals surface area contributed by atoms with Crippen molar-refractivity contribution in [1.29, 1.82) is 0 Å². The van der Waals surface area contributed by atoms with Crippen molar-refractivity contribution in [1.82, 2.24) is 0 Å². The molecule has 0 N–H and O–H groups in total. The molecule has 0 aliphatic rings. The molecule has 0 spiro atoms. The molecule has 0 aromatic heterocycles. The molecule has 3 nitrogen and oxygen atoms in total. The summed E-state index contributed by atoms with van der Waals surface area (Å²) >= 11 is 4.69. The first-order valence-electron chi connectivity index (χ1n) is 6.88. The minimum absolute atomic E-state index is 0.161. The predicted octanol–water partition coefficient (Wildman–Crippen LogP) is 4.11. The fourth-order valence-corrected chi connectivity index (χ4v) is 2.19. The Bertz CT molecular complexity index is 676. The standard InChI is InChI=1S/C18H15NO2S/c1-2-21-18(20)17(19-13-22)16(14-9-5-3-6-10-14)15-11-7-4-8-12-15/h3-12H,2H2,1H3. The van der Waals surface area contributed by atoms with Gasteiger partial charge in [0.15, 0.2) is 5.70 Å². The van der Waals surface area contributed by atoms with Crippen LogP contribution in [-0.4, -0.2) is 17.7 Å². The van der Waals surface area contributed by atoms with Gasteiger partial charge in [-0.15, -0.1) is 0 Å². The Morgan fingerprint density at radius 3 is 1.95 bits per heavy atom. The van der Waals surface area contributed by atoms with Gasteiger partial charge >= 0.3 is 5.97 Å². The van der Waals surface area contributed by atoms with Gasteiger partial charge in [0.25, 0.3) is 0 Å². The number of hydrogen-bond donors (Lipinski definition) is 0. The van der Waals surface area contributed by atoms with Gasteiger partial charge in [-0.05, 0) is 30.3 Å². The second-order valence-corrected chi connectivity index (χ2v) is 4.56. The third kappa shape index (κ3) is 3.76. The van der Waals surface area contributed by atoms with Gasteiger partial charge in [-0.3, -0.25) is 0 Å². The van der Waals surface area contributed by atoms with E-state index >= 15 is 0 Å². The maximum atomic E-state index is 12.3. The molecule has 110 valence electrons. The van der Waals surface area contributed by atoms with Gasteiger partial charge in [0.05, 0.1) is 11.8 Å². The summed E-state index contributed by atoms with van der Waals surface area (Å²) in [7, 11) is 0. The summed E-state index contributed by atoms with van der Waals surface area (Å²) in [5.74, 6) is -0.512. The van der Waals surface area contributed by atoms with Crippen molar-refractivity contribution in [3.63, 3.8) is 0 Å². The van der Waals surface area contributed by atoms with Crippen LogP contribution < -0.4 is 0 Å². The Hall–Kier alpha value is -2.55. The zero-order chi connectivity index (χ0) is 15.8. The zero-order valence-corrected chi connectivity index (χ0v) is 13.0. The van der Waals surface area contributed by atoms with E-state index in [2.05, 4.69) is 10.2 Å². The van der Waals surface area contributed by atoms with E-state index in [1.165, 1.54) is 0 Å². The topological polar surface area (TPSA) is 38.7 Å². The van der Waals surface area contributed by atoms with Crippen LogP contribution in [0.1, 0.15) is 18.1 Å². The summed E-state index contributed by atoms with van der Waals surface area (Å²) in [6.45, 7) is 2.02. The first-order valence-corrected chi connectivity index (χ1v) is 7.28. The van der Waals surface area contributed by atoms with Gasteiger partial charge < -0.3 is 4.74 Å². The van der Waals surface area contributed by atoms with Crippen LogP contribution in [0.25, 0.3) is 5.57 Å².